The first-order chi connectivity index (χ1) is 12.9. The number of pyridine rings is 1. The zero-order valence-electron chi connectivity index (χ0n) is 14.5. The van der Waals surface area contributed by atoms with E-state index in [2.05, 4.69) is 4.98 Å². The van der Waals surface area contributed by atoms with Gasteiger partial charge in [0, 0.05) is 30.3 Å². The number of nitrogens with two attached hydrogens (primary N) is 1. The summed E-state index contributed by atoms with van der Waals surface area (Å²) in [6.07, 6.45) is 1.31. The molecule has 2 amide bonds. The number of aromatic nitrogens is 1. The molecule has 1 aromatic heterocycles. The van der Waals surface area contributed by atoms with Crippen LogP contribution in [0.5, 0.6) is 0 Å². The number of aliphatic carboxylic acids is 1. The van der Waals surface area contributed by atoms with Gasteiger partial charge in [-0.2, -0.15) is 0 Å². The summed E-state index contributed by atoms with van der Waals surface area (Å²) in [5.74, 6) is -2.12. The molecular formula is C19H19N3O5. The Kier molecular flexibility index (Phi) is 5.18. The summed E-state index contributed by atoms with van der Waals surface area (Å²) in [6, 6.07) is 7.72. The molecule has 8 heteroatoms. The number of aliphatic hydroxyl groups excluding tert-OH is 1. The lowest BCUT2D eigenvalue weighted by Gasteiger charge is -2.24. The number of fused-ring (bicyclic) bond motifs is 1. The predicted molar refractivity (Wildman–Crippen MR) is 95.3 cm³/mol. The second-order valence-electron chi connectivity index (χ2n) is 6.36. The predicted octanol–water partition coefficient (Wildman–Crippen LogP) is 0.915. The third-order valence-corrected chi connectivity index (χ3v) is 4.58. The summed E-state index contributed by atoms with van der Waals surface area (Å²) in [6.45, 7) is 0.0749. The molecule has 0 saturated heterocycles. The van der Waals surface area contributed by atoms with Gasteiger partial charge in [-0.25, -0.2) is 0 Å². The van der Waals surface area contributed by atoms with Gasteiger partial charge in [-0.3, -0.25) is 19.4 Å². The molecule has 0 radical (unpaired) electrons. The van der Waals surface area contributed by atoms with Crippen molar-refractivity contribution in [1.82, 2.24) is 9.88 Å². The molecule has 0 unspecified atom stereocenters. The fraction of sp³-hybridized carbons (Fsp3) is 0.263. The van der Waals surface area contributed by atoms with Crippen LogP contribution in [0.25, 0.3) is 11.3 Å². The van der Waals surface area contributed by atoms with E-state index in [1.54, 1.807) is 30.5 Å². The highest BCUT2D eigenvalue weighted by molar-refractivity contribution is 6.01. The molecular weight excluding hydrogens is 350 g/mol. The summed E-state index contributed by atoms with van der Waals surface area (Å²) >= 11 is 0. The van der Waals surface area contributed by atoms with Crippen LogP contribution in [0.1, 0.15) is 34.3 Å². The molecule has 0 aliphatic carbocycles. The van der Waals surface area contributed by atoms with Gasteiger partial charge >= 0.3 is 5.97 Å². The SMILES string of the molecule is NC(=O)[C@H](CCC(=O)O)N1Cc2cc(-c3cc(CO)ccn3)ccc2C1=O. The van der Waals surface area contributed by atoms with E-state index in [0.717, 1.165) is 16.7 Å². The number of primary amides is 1. The first-order valence-corrected chi connectivity index (χ1v) is 8.42. The average molecular weight is 369 g/mol. The molecule has 4 N–H and O–H groups in total. The van der Waals surface area contributed by atoms with Crippen LogP contribution in [0.2, 0.25) is 0 Å². The molecule has 2 heterocycles. The maximum atomic E-state index is 12.7. The minimum absolute atomic E-state index is 0.0304. The first kappa shape index (κ1) is 18.5. The molecule has 0 fully saturated rings. The highest BCUT2D eigenvalue weighted by atomic mass is 16.4. The fourth-order valence-corrected chi connectivity index (χ4v) is 3.20. The van der Waals surface area contributed by atoms with Crippen LogP contribution >= 0.6 is 0 Å². The Morgan fingerprint density at radius 3 is 2.70 bits per heavy atom. The molecule has 1 aromatic carbocycles. The van der Waals surface area contributed by atoms with Crippen LogP contribution in [-0.4, -0.2) is 43.9 Å². The summed E-state index contributed by atoms with van der Waals surface area (Å²) in [5, 5.41) is 18.1. The Morgan fingerprint density at radius 1 is 1.26 bits per heavy atom. The third kappa shape index (κ3) is 3.80. The first-order valence-electron chi connectivity index (χ1n) is 8.42. The average Bonchev–Trinajstić information content (AvgIpc) is 2.97. The lowest BCUT2D eigenvalue weighted by molar-refractivity contribution is -0.137. The van der Waals surface area contributed by atoms with Gasteiger partial charge in [0.1, 0.15) is 6.04 Å². The Morgan fingerprint density at radius 2 is 2.04 bits per heavy atom. The second kappa shape index (κ2) is 7.55. The van der Waals surface area contributed by atoms with Crippen LogP contribution in [0.15, 0.2) is 36.5 Å². The number of aliphatic hydroxyl groups is 1. The molecule has 140 valence electrons. The highest BCUT2D eigenvalue weighted by Gasteiger charge is 2.35. The van der Waals surface area contributed by atoms with Crippen LogP contribution in [-0.2, 0) is 22.7 Å². The van der Waals surface area contributed by atoms with Crippen molar-refractivity contribution in [3.05, 3.63) is 53.2 Å². The van der Waals surface area contributed by atoms with Crippen LogP contribution < -0.4 is 5.73 Å². The number of amides is 2. The number of benzene rings is 1. The zero-order chi connectivity index (χ0) is 19.6. The fourth-order valence-electron chi connectivity index (χ4n) is 3.20. The molecule has 3 rings (SSSR count). The maximum absolute atomic E-state index is 12.7. The molecule has 0 saturated carbocycles. The molecule has 1 aliphatic heterocycles. The quantitative estimate of drug-likeness (QED) is 0.664. The molecule has 0 spiro atoms. The van der Waals surface area contributed by atoms with E-state index >= 15 is 0 Å². The van der Waals surface area contributed by atoms with E-state index in [1.165, 1.54) is 4.90 Å². The van der Waals surface area contributed by atoms with E-state index in [1.807, 2.05) is 6.07 Å². The molecule has 2 aromatic rings. The number of carbonyl (C=O) groups is 3. The number of hydrogen-bond acceptors (Lipinski definition) is 5. The second-order valence-corrected chi connectivity index (χ2v) is 6.36. The van der Waals surface area contributed by atoms with Crippen LogP contribution in [0, 0.1) is 0 Å². The van der Waals surface area contributed by atoms with Crippen molar-refractivity contribution in [3.8, 4) is 11.3 Å². The normalized spacial score (nSPS) is 14.1. The van der Waals surface area contributed by atoms with Crippen molar-refractivity contribution in [1.29, 1.82) is 0 Å². The Bertz CT molecular complexity index is 912. The van der Waals surface area contributed by atoms with E-state index in [-0.39, 0.29) is 31.9 Å². The number of hydrogen-bond donors (Lipinski definition) is 3. The van der Waals surface area contributed by atoms with Crippen molar-refractivity contribution >= 4 is 17.8 Å². The van der Waals surface area contributed by atoms with Crippen molar-refractivity contribution in [3.63, 3.8) is 0 Å². The number of rotatable bonds is 7. The zero-order valence-corrected chi connectivity index (χ0v) is 14.5. The summed E-state index contributed by atoms with van der Waals surface area (Å²) in [4.78, 5) is 40.8. The van der Waals surface area contributed by atoms with Gasteiger partial charge in [0.05, 0.1) is 12.3 Å². The summed E-state index contributed by atoms with van der Waals surface area (Å²) in [7, 11) is 0. The van der Waals surface area contributed by atoms with Gasteiger partial charge in [0.2, 0.25) is 5.91 Å². The molecule has 1 aliphatic rings. The van der Waals surface area contributed by atoms with Crippen molar-refractivity contribution in [2.45, 2.75) is 32.0 Å². The Balaban J connectivity index is 1.88. The van der Waals surface area contributed by atoms with Gasteiger partial charge < -0.3 is 20.8 Å². The summed E-state index contributed by atoms with van der Waals surface area (Å²) < 4.78 is 0. The van der Waals surface area contributed by atoms with Gasteiger partial charge in [0.25, 0.3) is 5.91 Å². The van der Waals surface area contributed by atoms with Gasteiger partial charge in [0.15, 0.2) is 0 Å². The van der Waals surface area contributed by atoms with Crippen LogP contribution in [0.3, 0.4) is 0 Å². The molecule has 0 bridgehead atoms. The standard InChI is InChI=1S/C19H19N3O5/c20-18(26)16(3-4-17(24)25)22-9-13-8-12(1-2-14(13)19(22)27)15-7-11(10-23)5-6-21-15/h1-2,5-8,16,23H,3-4,9-10H2,(H2,20,26)(H,24,25)/t16-/m0/s1. The van der Waals surface area contributed by atoms with E-state index in [0.29, 0.717) is 11.3 Å². The number of carbonyl (C=O) groups excluding carboxylic acids is 2. The van der Waals surface area contributed by atoms with E-state index < -0.39 is 17.9 Å². The molecule has 8 nitrogen and oxygen atoms in total. The Hall–Kier alpha value is -3.26. The summed E-state index contributed by atoms with van der Waals surface area (Å²) in [5.41, 5.74) is 8.73. The lowest BCUT2D eigenvalue weighted by atomic mass is 10.0. The topological polar surface area (TPSA) is 134 Å². The number of nitrogens with zero attached hydrogens (tertiary/aromatic N) is 2. The number of carboxylic acids is 1. The van der Waals surface area contributed by atoms with Gasteiger partial charge in [-0.15, -0.1) is 0 Å². The lowest BCUT2D eigenvalue weighted by Crippen LogP contribution is -2.45. The third-order valence-electron chi connectivity index (χ3n) is 4.58. The van der Waals surface area contributed by atoms with Crippen molar-refractivity contribution in [2.24, 2.45) is 5.73 Å². The van der Waals surface area contributed by atoms with E-state index in [9.17, 15) is 19.5 Å². The molecule has 27 heavy (non-hydrogen) atoms. The Labute approximate surface area is 155 Å². The molecule has 1 atom stereocenters. The maximum Gasteiger partial charge on any atom is 0.303 e. The highest BCUT2D eigenvalue weighted by Crippen LogP contribution is 2.30. The minimum atomic E-state index is -1.05. The van der Waals surface area contributed by atoms with Gasteiger partial charge in [-0.1, -0.05) is 6.07 Å². The monoisotopic (exact) mass is 369 g/mol. The minimum Gasteiger partial charge on any atom is -0.481 e. The van der Waals surface area contributed by atoms with E-state index in [4.69, 9.17) is 10.8 Å². The number of carboxylic acid groups (broad SMARTS) is 1. The van der Waals surface area contributed by atoms with Crippen molar-refractivity contribution in [2.75, 3.05) is 0 Å². The largest absolute Gasteiger partial charge is 0.481 e. The van der Waals surface area contributed by atoms with Crippen LogP contribution in [0.4, 0.5) is 0 Å². The van der Waals surface area contributed by atoms with Crippen molar-refractivity contribution < 1.29 is 24.6 Å². The smallest absolute Gasteiger partial charge is 0.303 e. The van der Waals surface area contributed by atoms with Gasteiger partial charge in [-0.05, 0) is 41.8 Å².